The van der Waals surface area contributed by atoms with E-state index >= 15 is 0 Å². The molecule has 2 aliphatic rings. The Labute approximate surface area is 177 Å². The lowest BCUT2D eigenvalue weighted by Gasteiger charge is -2.27. The number of ether oxygens (including phenoxy) is 1. The minimum Gasteiger partial charge on any atom is -0.493 e. The van der Waals surface area contributed by atoms with Crippen LogP contribution in [-0.2, 0) is 16.0 Å². The van der Waals surface area contributed by atoms with Crippen molar-refractivity contribution in [3.63, 3.8) is 0 Å². The lowest BCUT2D eigenvalue weighted by Crippen LogP contribution is -2.44. The number of fused-ring (bicyclic) bond motifs is 1. The van der Waals surface area contributed by atoms with Gasteiger partial charge in [-0.25, -0.2) is 4.79 Å². The first-order valence-corrected chi connectivity index (χ1v) is 10.9. The minimum absolute atomic E-state index is 0.0435. The van der Waals surface area contributed by atoms with Gasteiger partial charge in [0, 0.05) is 18.9 Å². The lowest BCUT2D eigenvalue weighted by atomic mass is 10.0. The maximum Gasteiger partial charge on any atom is 0.326 e. The second-order valence-electron chi connectivity index (χ2n) is 8.37. The van der Waals surface area contributed by atoms with Gasteiger partial charge in [-0.3, -0.25) is 4.79 Å². The molecule has 30 heavy (non-hydrogen) atoms. The highest BCUT2D eigenvalue weighted by molar-refractivity contribution is 5.84. The van der Waals surface area contributed by atoms with E-state index in [1.54, 1.807) is 4.90 Å². The topological polar surface area (TPSA) is 66.8 Å². The quantitative estimate of drug-likeness (QED) is 0.663. The van der Waals surface area contributed by atoms with Gasteiger partial charge in [-0.1, -0.05) is 55.0 Å². The maximum absolute atomic E-state index is 12.8. The number of carboxylic acids is 1. The standard InChI is InChI=1S/C25H29NO4/c27-24(26-21-12-6-11-19(21)17-22(26)25(28)29)14-7-15-30-23-13-5-4-10-20(23)16-18-8-2-1-3-9-18/h1-5,8-10,13,19,21-22H,6-7,11-12,14-17H2,(H,28,29)/t19-,21-,22-/m0/s1. The summed E-state index contributed by atoms with van der Waals surface area (Å²) >= 11 is 0. The summed E-state index contributed by atoms with van der Waals surface area (Å²) in [5.41, 5.74) is 2.35. The zero-order valence-corrected chi connectivity index (χ0v) is 17.2. The van der Waals surface area contributed by atoms with Crippen LogP contribution in [0.15, 0.2) is 54.6 Å². The average Bonchev–Trinajstić information content (AvgIpc) is 3.34. The number of likely N-dealkylation sites (tertiary alicyclic amines) is 1. The molecule has 4 rings (SSSR count). The molecular formula is C25H29NO4. The van der Waals surface area contributed by atoms with Gasteiger partial charge in [0.15, 0.2) is 0 Å². The highest BCUT2D eigenvalue weighted by Crippen LogP contribution is 2.41. The van der Waals surface area contributed by atoms with E-state index in [4.69, 9.17) is 4.74 Å². The predicted molar refractivity (Wildman–Crippen MR) is 114 cm³/mol. The molecular weight excluding hydrogens is 378 g/mol. The zero-order valence-electron chi connectivity index (χ0n) is 17.2. The number of hydrogen-bond donors (Lipinski definition) is 1. The number of carbonyl (C=O) groups excluding carboxylic acids is 1. The molecule has 0 spiro atoms. The van der Waals surface area contributed by atoms with Gasteiger partial charge in [0.05, 0.1) is 6.61 Å². The van der Waals surface area contributed by atoms with Crippen LogP contribution in [0.5, 0.6) is 5.75 Å². The van der Waals surface area contributed by atoms with Gasteiger partial charge in [-0.2, -0.15) is 0 Å². The molecule has 0 aromatic heterocycles. The van der Waals surface area contributed by atoms with Crippen LogP contribution in [0.4, 0.5) is 0 Å². The first-order valence-electron chi connectivity index (χ1n) is 10.9. The molecule has 3 atom stereocenters. The predicted octanol–water partition coefficient (Wildman–Crippen LogP) is 4.29. The van der Waals surface area contributed by atoms with Crippen molar-refractivity contribution in [3.8, 4) is 5.75 Å². The number of nitrogens with zero attached hydrogens (tertiary/aromatic N) is 1. The molecule has 1 aliphatic carbocycles. The second-order valence-corrected chi connectivity index (χ2v) is 8.37. The van der Waals surface area contributed by atoms with E-state index in [-0.39, 0.29) is 11.9 Å². The first kappa shape index (κ1) is 20.5. The van der Waals surface area contributed by atoms with E-state index < -0.39 is 12.0 Å². The smallest absolute Gasteiger partial charge is 0.326 e. The van der Waals surface area contributed by atoms with Gasteiger partial charge in [-0.05, 0) is 48.8 Å². The number of hydrogen-bond acceptors (Lipinski definition) is 3. The normalized spacial score (nSPS) is 22.7. The van der Waals surface area contributed by atoms with Crippen LogP contribution in [0.3, 0.4) is 0 Å². The van der Waals surface area contributed by atoms with Crippen molar-refractivity contribution in [2.75, 3.05) is 6.61 Å². The molecule has 0 unspecified atom stereocenters. The summed E-state index contributed by atoms with van der Waals surface area (Å²) in [6.07, 6.45) is 5.38. The summed E-state index contributed by atoms with van der Waals surface area (Å²) in [6.45, 7) is 0.442. The van der Waals surface area contributed by atoms with E-state index in [1.165, 1.54) is 5.56 Å². The van der Waals surface area contributed by atoms with Gasteiger partial charge in [0.1, 0.15) is 11.8 Å². The van der Waals surface area contributed by atoms with Gasteiger partial charge in [-0.15, -0.1) is 0 Å². The Morgan fingerprint density at radius 3 is 2.60 bits per heavy atom. The van der Waals surface area contributed by atoms with Crippen molar-refractivity contribution in [1.82, 2.24) is 4.90 Å². The Hall–Kier alpha value is -2.82. The molecule has 1 N–H and O–H groups in total. The zero-order chi connectivity index (χ0) is 20.9. The van der Waals surface area contributed by atoms with Gasteiger partial charge >= 0.3 is 5.97 Å². The largest absolute Gasteiger partial charge is 0.493 e. The second kappa shape index (κ2) is 9.33. The van der Waals surface area contributed by atoms with Crippen molar-refractivity contribution in [3.05, 3.63) is 65.7 Å². The fourth-order valence-corrected chi connectivity index (χ4v) is 5.01. The maximum atomic E-state index is 12.8. The summed E-state index contributed by atoms with van der Waals surface area (Å²) in [5, 5.41) is 9.54. The molecule has 1 saturated carbocycles. The van der Waals surface area contributed by atoms with Crippen molar-refractivity contribution < 1.29 is 19.4 Å². The number of benzene rings is 2. The fourth-order valence-electron chi connectivity index (χ4n) is 5.01. The summed E-state index contributed by atoms with van der Waals surface area (Å²) in [7, 11) is 0. The van der Waals surface area contributed by atoms with Gasteiger partial charge in [0.2, 0.25) is 5.91 Å². The van der Waals surface area contributed by atoms with Crippen LogP contribution in [0.1, 0.15) is 49.7 Å². The number of aliphatic carboxylic acids is 1. The van der Waals surface area contributed by atoms with Crippen LogP contribution in [0.2, 0.25) is 0 Å². The molecule has 2 fully saturated rings. The highest BCUT2D eigenvalue weighted by atomic mass is 16.5. The summed E-state index contributed by atoms with van der Waals surface area (Å²) < 4.78 is 6.00. The summed E-state index contributed by atoms with van der Waals surface area (Å²) in [5.74, 6) is 0.284. The SMILES string of the molecule is O=C(O)[C@@H]1C[C@@H]2CCC[C@@H]2N1C(=O)CCCOc1ccccc1Cc1ccccc1. The van der Waals surface area contributed by atoms with Crippen LogP contribution < -0.4 is 4.74 Å². The van der Waals surface area contributed by atoms with E-state index in [1.807, 2.05) is 36.4 Å². The van der Waals surface area contributed by atoms with Gasteiger partial charge in [0.25, 0.3) is 0 Å². The minimum atomic E-state index is -0.871. The third-order valence-corrected chi connectivity index (χ3v) is 6.41. The number of para-hydroxylation sites is 1. The van der Waals surface area contributed by atoms with E-state index in [2.05, 4.69) is 18.2 Å². The van der Waals surface area contributed by atoms with E-state index in [0.717, 1.165) is 37.0 Å². The summed E-state index contributed by atoms with van der Waals surface area (Å²) in [4.78, 5) is 26.1. The van der Waals surface area contributed by atoms with Crippen LogP contribution in [-0.4, -0.2) is 40.6 Å². The molecule has 0 bridgehead atoms. The molecule has 0 radical (unpaired) electrons. The first-order chi connectivity index (χ1) is 14.6. The number of carboxylic acid groups (broad SMARTS) is 1. The molecule has 1 amide bonds. The van der Waals surface area contributed by atoms with Crippen molar-refractivity contribution in [2.24, 2.45) is 5.92 Å². The Morgan fingerprint density at radius 1 is 1.03 bits per heavy atom. The van der Waals surface area contributed by atoms with Gasteiger partial charge < -0.3 is 14.7 Å². The Bertz CT molecular complexity index is 882. The highest BCUT2D eigenvalue weighted by Gasteiger charge is 2.48. The van der Waals surface area contributed by atoms with E-state index in [0.29, 0.717) is 31.8 Å². The van der Waals surface area contributed by atoms with E-state index in [9.17, 15) is 14.7 Å². The average molecular weight is 408 g/mol. The molecule has 158 valence electrons. The molecule has 5 heteroatoms. The fraction of sp³-hybridized carbons (Fsp3) is 0.440. The third kappa shape index (κ3) is 4.50. The third-order valence-electron chi connectivity index (χ3n) is 6.41. The summed E-state index contributed by atoms with van der Waals surface area (Å²) in [6, 6.07) is 17.7. The van der Waals surface area contributed by atoms with Crippen molar-refractivity contribution in [1.29, 1.82) is 0 Å². The number of amides is 1. The Kier molecular flexibility index (Phi) is 6.36. The van der Waals surface area contributed by atoms with Crippen molar-refractivity contribution >= 4 is 11.9 Å². The molecule has 2 aromatic carbocycles. The monoisotopic (exact) mass is 407 g/mol. The molecule has 1 saturated heterocycles. The number of rotatable bonds is 8. The van der Waals surface area contributed by atoms with Crippen LogP contribution in [0, 0.1) is 5.92 Å². The number of carbonyl (C=O) groups is 2. The molecule has 2 aromatic rings. The van der Waals surface area contributed by atoms with Crippen LogP contribution in [0.25, 0.3) is 0 Å². The van der Waals surface area contributed by atoms with Crippen molar-refractivity contribution in [2.45, 2.75) is 57.0 Å². The molecule has 1 aliphatic heterocycles. The lowest BCUT2D eigenvalue weighted by molar-refractivity contribution is -0.149. The van der Waals surface area contributed by atoms with Crippen LogP contribution >= 0.6 is 0 Å². The Balaban J connectivity index is 1.31. The molecule has 5 nitrogen and oxygen atoms in total. The Morgan fingerprint density at radius 2 is 1.80 bits per heavy atom. The molecule has 1 heterocycles.